The fraction of sp³-hybridized carbons (Fsp3) is 0.185. The summed E-state index contributed by atoms with van der Waals surface area (Å²) in [5.74, 6) is 1.91. The molecule has 178 valence electrons. The van der Waals surface area contributed by atoms with Crippen molar-refractivity contribution in [2.45, 2.75) is 11.0 Å². The largest absolute Gasteiger partial charge is 0.495 e. The molecule has 1 aliphatic heterocycles. The number of nitrogens with one attached hydrogen (secondary N) is 1. The van der Waals surface area contributed by atoms with Gasteiger partial charge in [-0.3, -0.25) is 9.78 Å². The van der Waals surface area contributed by atoms with Crippen LogP contribution in [0.2, 0.25) is 0 Å². The van der Waals surface area contributed by atoms with Gasteiger partial charge in [0.05, 0.1) is 43.4 Å². The number of carbonyl (C=O) groups excluding carboxylic acids is 1. The Morgan fingerprint density at radius 1 is 0.943 bits per heavy atom. The number of fused-ring (bicyclic) bond motifs is 1. The van der Waals surface area contributed by atoms with Crippen LogP contribution in [0.25, 0.3) is 10.9 Å². The van der Waals surface area contributed by atoms with Crippen LogP contribution in [0.4, 0.5) is 5.69 Å². The van der Waals surface area contributed by atoms with E-state index in [4.69, 9.17) is 14.2 Å². The number of pyridine rings is 1. The van der Waals surface area contributed by atoms with Crippen LogP contribution in [-0.4, -0.2) is 49.2 Å². The summed E-state index contributed by atoms with van der Waals surface area (Å²) < 4.78 is 20.2. The molecule has 0 radical (unpaired) electrons. The predicted molar refractivity (Wildman–Crippen MR) is 138 cm³/mol. The van der Waals surface area contributed by atoms with E-state index in [0.717, 1.165) is 21.5 Å². The lowest BCUT2D eigenvalue weighted by Gasteiger charge is -2.39. The number of rotatable bonds is 8. The van der Waals surface area contributed by atoms with E-state index < -0.39 is 0 Å². The van der Waals surface area contributed by atoms with Gasteiger partial charge < -0.3 is 23.8 Å². The molecule has 1 amide bonds. The van der Waals surface area contributed by atoms with E-state index in [1.807, 2.05) is 66.7 Å². The molecule has 5 rings (SSSR count). The zero-order chi connectivity index (χ0) is 24.2. The molecule has 35 heavy (non-hydrogen) atoms. The predicted octanol–water partition coefficient (Wildman–Crippen LogP) is 5.27. The first kappa shape index (κ1) is 22.9. The first-order valence-corrected chi connectivity index (χ1v) is 12.0. The van der Waals surface area contributed by atoms with Crippen molar-refractivity contribution in [1.29, 1.82) is 0 Å². The van der Waals surface area contributed by atoms with Crippen molar-refractivity contribution in [3.05, 3.63) is 84.6 Å². The highest BCUT2D eigenvalue weighted by Crippen LogP contribution is 2.34. The average Bonchev–Trinajstić information content (AvgIpc) is 2.89. The number of anilines is 1. The molecule has 8 heteroatoms. The lowest BCUT2D eigenvalue weighted by molar-refractivity contribution is 0.0168. The Morgan fingerprint density at radius 3 is 2.51 bits per heavy atom. The van der Waals surface area contributed by atoms with Crippen LogP contribution in [0.5, 0.6) is 17.2 Å². The van der Waals surface area contributed by atoms with E-state index in [9.17, 15) is 4.79 Å². The van der Waals surface area contributed by atoms with Crippen LogP contribution < -0.4 is 18.9 Å². The maximum atomic E-state index is 13.0. The van der Waals surface area contributed by atoms with Crippen molar-refractivity contribution in [3.63, 3.8) is 0 Å². The molecule has 1 aromatic heterocycles. The van der Waals surface area contributed by atoms with E-state index in [0.29, 0.717) is 35.9 Å². The molecule has 1 aliphatic rings. The van der Waals surface area contributed by atoms with Gasteiger partial charge in [0.25, 0.3) is 5.91 Å². The third-order valence-corrected chi connectivity index (χ3v) is 6.68. The number of aromatic nitrogens is 1. The number of ether oxygens (including phenoxy) is 3. The smallest absolute Gasteiger partial charge is 0.254 e. The van der Waals surface area contributed by atoms with E-state index in [1.54, 1.807) is 31.4 Å². The Kier molecular flexibility index (Phi) is 6.63. The molecule has 0 saturated carbocycles. The number of amides is 1. The van der Waals surface area contributed by atoms with Gasteiger partial charge in [-0.15, -0.1) is 0 Å². The van der Waals surface area contributed by atoms with Gasteiger partial charge in [0.15, 0.2) is 11.5 Å². The third-order valence-electron chi connectivity index (χ3n) is 5.81. The van der Waals surface area contributed by atoms with Crippen molar-refractivity contribution in [2.75, 3.05) is 32.0 Å². The highest BCUT2D eigenvalue weighted by atomic mass is 32.2. The standard InChI is InChI=1S/C27H25N3O4S/c1-32-22-9-3-4-10-23(22)34-20-16-30(17-20)27(31)19-12-13-21(24(15-19)33-2)29-35-25-11-5-7-18-8-6-14-28-26(18)25/h3-15,20,29H,16-17H2,1-2H3. The molecule has 0 spiro atoms. The molecule has 2 heterocycles. The Bertz CT molecular complexity index is 1350. The van der Waals surface area contributed by atoms with Gasteiger partial charge in [0, 0.05) is 17.1 Å². The molecule has 0 unspecified atom stereocenters. The first-order valence-electron chi connectivity index (χ1n) is 11.2. The molecule has 0 atom stereocenters. The number of nitrogens with zero attached hydrogens (tertiary/aromatic N) is 2. The summed E-state index contributed by atoms with van der Waals surface area (Å²) >= 11 is 1.46. The second kappa shape index (κ2) is 10.1. The van der Waals surface area contributed by atoms with E-state index in [-0.39, 0.29) is 12.0 Å². The summed E-state index contributed by atoms with van der Waals surface area (Å²) in [6.45, 7) is 1.03. The Hall–Kier alpha value is -3.91. The monoisotopic (exact) mass is 487 g/mol. The number of likely N-dealkylation sites (tertiary alicyclic amines) is 1. The number of carbonyl (C=O) groups is 1. The molecule has 1 fully saturated rings. The lowest BCUT2D eigenvalue weighted by atomic mass is 10.1. The lowest BCUT2D eigenvalue weighted by Crippen LogP contribution is -2.56. The van der Waals surface area contributed by atoms with E-state index >= 15 is 0 Å². The van der Waals surface area contributed by atoms with Crippen molar-refractivity contribution >= 4 is 34.4 Å². The highest BCUT2D eigenvalue weighted by Gasteiger charge is 2.33. The van der Waals surface area contributed by atoms with Crippen LogP contribution >= 0.6 is 11.9 Å². The van der Waals surface area contributed by atoms with Gasteiger partial charge in [-0.05, 0) is 54.4 Å². The van der Waals surface area contributed by atoms with Crippen molar-refractivity contribution in [3.8, 4) is 17.2 Å². The fourth-order valence-corrected chi connectivity index (χ4v) is 4.74. The van der Waals surface area contributed by atoms with Gasteiger partial charge in [-0.25, -0.2) is 0 Å². The first-order chi connectivity index (χ1) is 17.2. The third kappa shape index (κ3) is 4.83. The van der Waals surface area contributed by atoms with Crippen LogP contribution in [0.3, 0.4) is 0 Å². The average molecular weight is 488 g/mol. The zero-order valence-electron chi connectivity index (χ0n) is 19.4. The van der Waals surface area contributed by atoms with Gasteiger partial charge >= 0.3 is 0 Å². The molecule has 0 aliphatic carbocycles. The maximum absolute atomic E-state index is 13.0. The molecular weight excluding hydrogens is 462 g/mol. The SMILES string of the molecule is COc1cc(C(=O)N2CC(Oc3ccccc3OC)C2)ccc1NSc1cccc2cccnc12. The minimum atomic E-state index is -0.0659. The van der Waals surface area contributed by atoms with Gasteiger partial charge in [-0.1, -0.05) is 30.3 Å². The van der Waals surface area contributed by atoms with E-state index in [2.05, 4.69) is 9.71 Å². The molecule has 7 nitrogen and oxygen atoms in total. The zero-order valence-corrected chi connectivity index (χ0v) is 20.2. The quantitative estimate of drug-likeness (QED) is 0.339. The number of para-hydroxylation sites is 3. The second-order valence-corrected chi connectivity index (χ2v) is 8.90. The van der Waals surface area contributed by atoms with Gasteiger partial charge in [-0.2, -0.15) is 0 Å². The van der Waals surface area contributed by atoms with Crippen LogP contribution in [0, 0.1) is 0 Å². The van der Waals surface area contributed by atoms with Gasteiger partial charge in [0.2, 0.25) is 0 Å². The Morgan fingerprint density at radius 2 is 1.71 bits per heavy atom. The van der Waals surface area contributed by atoms with E-state index in [1.165, 1.54) is 11.9 Å². The normalized spacial score (nSPS) is 13.3. The number of benzene rings is 3. The fourth-order valence-electron chi connectivity index (χ4n) is 3.93. The summed E-state index contributed by atoms with van der Waals surface area (Å²) in [5, 5.41) is 1.08. The number of methoxy groups -OCH3 is 2. The number of hydrogen-bond donors (Lipinski definition) is 1. The summed E-state index contributed by atoms with van der Waals surface area (Å²) in [7, 11) is 3.21. The Balaban J connectivity index is 1.22. The van der Waals surface area contributed by atoms with Crippen LogP contribution in [0.1, 0.15) is 10.4 Å². The minimum Gasteiger partial charge on any atom is -0.495 e. The summed E-state index contributed by atoms with van der Waals surface area (Å²) in [6, 6.07) is 23.0. The van der Waals surface area contributed by atoms with Crippen LogP contribution in [0.15, 0.2) is 83.9 Å². The molecular formula is C27H25N3O4S. The molecule has 3 aromatic carbocycles. The van der Waals surface area contributed by atoms with Gasteiger partial charge in [0.1, 0.15) is 11.9 Å². The number of hydrogen-bond acceptors (Lipinski definition) is 7. The second-order valence-electron chi connectivity index (χ2n) is 8.05. The Labute approximate surface area is 208 Å². The molecule has 4 aromatic rings. The summed E-state index contributed by atoms with van der Waals surface area (Å²) in [5.41, 5.74) is 2.28. The van der Waals surface area contributed by atoms with Crippen LogP contribution in [-0.2, 0) is 0 Å². The van der Waals surface area contributed by atoms with Crippen molar-refractivity contribution in [2.24, 2.45) is 0 Å². The highest BCUT2D eigenvalue weighted by molar-refractivity contribution is 8.00. The maximum Gasteiger partial charge on any atom is 0.254 e. The summed E-state index contributed by atoms with van der Waals surface area (Å²) in [6.07, 6.45) is 1.72. The molecule has 1 N–H and O–H groups in total. The molecule has 1 saturated heterocycles. The topological polar surface area (TPSA) is 72.9 Å². The van der Waals surface area contributed by atoms with Crippen molar-refractivity contribution in [1.82, 2.24) is 9.88 Å². The molecule has 0 bridgehead atoms. The minimum absolute atomic E-state index is 0.0550. The van der Waals surface area contributed by atoms with Crippen molar-refractivity contribution < 1.29 is 19.0 Å². The summed E-state index contributed by atoms with van der Waals surface area (Å²) in [4.78, 5) is 20.3.